The van der Waals surface area contributed by atoms with E-state index in [9.17, 15) is 20.1 Å². The van der Waals surface area contributed by atoms with Gasteiger partial charge < -0.3 is 24.6 Å². The largest absolute Gasteiger partial charge is 0.497 e. The zero-order valence-corrected chi connectivity index (χ0v) is 16.3. The maximum absolute atomic E-state index is 12.4. The van der Waals surface area contributed by atoms with Crippen molar-refractivity contribution in [3.63, 3.8) is 0 Å². The lowest BCUT2D eigenvalue weighted by Gasteiger charge is -2.11. The van der Waals surface area contributed by atoms with Gasteiger partial charge in [-0.3, -0.25) is 0 Å². The summed E-state index contributed by atoms with van der Waals surface area (Å²) in [6, 6.07) is 21.6. The van der Waals surface area contributed by atoms with Gasteiger partial charge in [0.2, 0.25) is 0 Å². The van der Waals surface area contributed by atoms with Gasteiger partial charge in [-0.15, -0.1) is 0 Å². The highest BCUT2D eigenvalue weighted by Crippen LogP contribution is 2.36. The molecule has 6 nitrogen and oxygen atoms in total. The summed E-state index contributed by atoms with van der Waals surface area (Å²) < 4.78 is 6.98. The van der Waals surface area contributed by atoms with E-state index < -0.39 is 12.3 Å². The van der Waals surface area contributed by atoms with Crippen molar-refractivity contribution in [1.29, 1.82) is 0 Å². The first-order chi connectivity index (χ1) is 14.5. The molecule has 0 fully saturated rings. The van der Waals surface area contributed by atoms with Crippen molar-refractivity contribution in [3.8, 4) is 16.9 Å². The molecule has 3 aromatic carbocycles. The summed E-state index contributed by atoms with van der Waals surface area (Å²) in [5, 5.41) is 30.0. The van der Waals surface area contributed by atoms with Crippen molar-refractivity contribution in [2.24, 2.45) is 0 Å². The first-order valence-corrected chi connectivity index (χ1v) is 9.43. The number of aromatic carboxylic acids is 1. The van der Waals surface area contributed by atoms with Gasteiger partial charge in [-0.2, -0.15) is 0 Å². The molecular formula is C24H21NO5. The molecule has 4 rings (SSSR count). The van der Waals surface area contributed by atoms with Crippen LogP contribution in [0.15, 0.2) is 72.8 Å². The molecule has 0 bridgehead atoms. The first kappa shape index (κ1) is 19.7. The fraction of sp³-hybridized carbons (Fsp3) is 0.125. The zero-order valence-electron chi connectivity index (χ0n) is 16.3. The van der Waals surface area contributed by atoms with Crippen molar-refractivity contribution in [1.82, 2.24) is 4.57 Å². The molecule has 0 amide bonds. The average molecular weight is 403 g/mol. The lowest BCUT2D eigenvalue weighted by molar-refractivity contribution is -0.0424. The molecule has 0 radical (unpaired) electrons. The fourth-order valence-electron chi connectivity index (χ4n) is 3.75. The fourth-order valence-corrected chi connectivity index (χ4v) is 3.75. The summed E-state index contributed by atoms with van der Waals surface area (Å²) in [4.78, 5) is 12.4. The molecule has 0 spiro atoms. The molecule has 0 aliphatic rings. The number of para-hydroxylation sites is 1. The van der Waals surface area contributed by atoms with Gasteiger partial charge in [-0.05, 0) is 35.4 Å². The second-order valence-electron chi connectivity index (χ2n) is 6.98. The molecule has 30 heavy (non-hydrogen) atoms. The van der Waals surface area contributed by atoms with Crippen LogP contribution in [0.2, 0.25) is 0 Å². The standard InChI is InChI=1S/C24H21NO5/c1-30-18-11-9-15(10-12-18)14-25-20-8-3-2-7-19(20)21(22(25)24(28)29)16-5-4-6-17(13-16)23(26)27/h2-13,23,26-27H,14H2,1H3,(H,28,29). The molecule has 152 valence electrons. The van der Waals surface area contributed by atoms with Crippen LogP contribution in [-0.4, -0.2) is 33.0 Å². The van der Waals surface area contributed by atoms with E-state index in [1.165, 1.54) is 0 Å². The quantitative estimate of drug-likeness (QED) is 0.423. The number of aromatic nitrogens is 1. The molecule has 6 heteroatoms. The van der Waals surface area contributed by atoms with Crippen molar-refractivity contribution in [2.45, 2.75) is 12.8 Å². The van der Waals surface area contributed by atoms with Crippen LogP contribution in [0.5, 0.6) is 5.75 Å². The van der Waals surface area contributed by atoms with Gasteiger partial charge in [0, 0.05) is 28.6 Å². The number of benzene rings is 3. The summed E-state index contributed by atoms with van der Waals surface area (Å²) >= 11 is 0. The number of rotatable bonds is 6. The van der Waals surface area contributed by atoms with Crippen LogP contribution in [-0.2, 0) is 6.54 Å². The number of carboxylic acids is 1. The minimum Gasteiger partial charge on any atom is -0.497 e. The third-order valence-electron chi connectivity index (χ3n) is 5.15. The van der Waals surface area contributed by atoms with Gasteiger partial charge in [0.1, 0.15) is 11.4 Å². The van der Waals surface area contributed by atoms with E-state index in [1.54, 1.807) is 35.9 Å². The van der Waals surface area contributed by atoms with Crippen LogP contribution in [0.4, 0.5) is 0 Å². The average Bonchev–Trinajstić information content (AvgIpc) is 3.09. The van der Waals surface area contributed by atoms with E-state index in [-0.39, 0.29) is 5.69 Å². The molecule has 1 aromatic heterocycles. The Hall–Kier alpha value is -3.61. The van der Waals surface area contributed by atoms with Crippen LogP contribution in [0.3, 0.4) is 0 Å². The van der Waals surface area contributed by atoms with Crippen LogP contribution in [0.25, 0.3) is 22.0 Å². The molecule has 3 N–H and O–H groups in total. The molecule has 0 atom stereocenters. The number of methoxy groups -OCH3 is 1. The molecule has 0 saturated carbocycles. The minimum atomic E-state index is -1.63. The Morgan fingerprint density at radius 2 is 1.73 bits per heavy atom. The first-order valence-electron chi connectivity index (χ1n) is 9.43. The lowest BCUT2D eigenvalue weighted by atomic mass is 9.99. The van der Waals surface area contributed by atoms with E-state index in [4.69, 9.17) is 4.74 Å². The third kappa shape index (κ3) is 3.54. The van der Waals surface area contributed by atoms with Crippen molar-refractivity contribution in [2.75, 3.05) is 7.11 Å². The Balaban J connectivity index is 1.94. The maximum atomic E-state index is 12.4. The summed E-state index contributed by atoms with van der Waals surface area (Å²) in [7, 11) is 1.60. The lowest BCUT2D eigenvalue weighted by Crippen LogP contribution is -2.10. The summed E-state index contributed by atoms with van der Waals surface area (Å²) in [5.41, 5.74) is 3.34. The summed E-state index contributed by atoms with van der Waals surface area (Å²) in [6.45, 7) is 0.370. The number of ether oxygens (including phenoxy) is 1. The number of hydrogen-bond acceptors (Lipinski definition) is 4. The van der Waals surface area contributed by atoms with Crippen LogP contribution in [0.1, 0.15) is 27.9 Å². The second-order valence-corrected chi connectivity index (χ2v) is 6.98. The Morgan fingerprint density at radius 3 is 2.40 bits per heavy atom. The van der Waals surface area contributed by atoms with Gasteiger partial charge in [-0.1, -0.05) is 48.5 Å². The maximum Gasteiger partial charge on any atom is 0.353 e. The van der Waals surface area contributed by atoms with Crippen molar-refractivity contribution >= 4 is 16.9 Å². The smallest absolute Gasteiger partial charge is 0.353 e. The van der Waals surface area contributed by atoms with Gasteiger partial charge >= 0.3 is 5.97 Å². The zero-order chi connectivity index (χ0) is 21.3. The Kier molecular flexibility index (Phi) is 5.27. The van der Waals surface area contributed by atoms with Crippen molar-refractivity contribution < 1.29 is 24.9 Å². The van der Waals surface area contributed by atoms with E-state index >= 15 is 0 Å². The molecule has 1 heterocycles. The predicted molar refractivity (Wildman–Crippen MR) is 114 cm³/mol. The highest BCUT2D eigenvalue weighted by atomic mass is 16.5. The Bertz CT molecular complexity index is 1210. The van der Waals surface area contributed by atoms with Crippen LogP contribution < -0.4 is 4.74 Å². The van der Waals surface area contributed by atoms with E-state index in [0.29, 0.717) is 23.2 Å². The molecule has 0 unspecified atom stereocenters. The number of aliphatic hydroxyl groups excluding tert-OH is 1. The Labute approximate surface area is 173 Å². The normalized spacial score (nSPS) is 11.2. The molecule has 4 aromatic rings. The van der Waals surface area contributed by atoms with Crippen molar-refractivity contribution in [3.05, 3.63) is 89.6 Å². The topological polar surface area (TPSA) is 91.9 Å². The van der Waals surface area contributed by atoms with Gasteiger partial charge in [0.25, 0.3) is 0 Å². The SMILES string of the molecule is COc1ccc(Cn2c(C(=O)O)c(-c3cccc(C(O)O)c3)c3ccccc32)cc1. The highest BCUT2D eigenvalue weighted by molar-refractivity contribution is 6.08. The molecule has 0 saturated heterocycles. The molecule has 0 aliphatic carbocycles. The van der Waals surface area contributed by atoms with Crippen LogP contribution >= 0.6 is 0 Å². The number of hydrogen-bond donors (Lipinski definition) is 3. The highest BCUT2D eigenvalue weighted by Gasteiger charge is 2.24. The summed E-state index contributed by atoms with van der Waals surface area (Å²) in [5.74, 6) is -0.320. The van der Waals surface area contributed by atoms with E-state index in [1.807, 2.05) is 48.5 Å². The van der Waals surface area contributed by atoms with Gasteiger partial charge in [-0.25, -0.2) is 4.79 Å². The third-order valence-corrected chi connectivity index (χ3v) is 5.15. The minimum absolute atomic E-state index is 0.150. The predicted octanol–water partition coefficient (Wildman–Crippen LogP) is 4.05. The second kappa shape index (κ2) is 8.02. The Morgan fingerprint density at radius 1 is 1.00 bits per heavy atom. The summed E-state index contributed by atoms with van der Waals surface area (Å²) in [6.07, 6.45) is -1.63. The monoisotopic (exact) mass is 403 g/mol. The molecule has 0 aliphatic heterocycles. The number of carbonyl (C=O) groups is 1. The molecular weight excluding hydrogens is 382 g/mol. The number of carboxylic acid groups (broad SMARTS) is 1. The number of aliphatic hydroxyl groups is 2. The van der Waals surface area contributed by atoms with Gasteiger partial charge in [0.15, 0.2) is 6.29 Å². The van der Waals surface area contributed by atoms with E-state index in [2.05, 4.69) is 0 Å². The van der Waals surface area contributed by atoms with Crippen LogP contribution in [0, 0.1) is 0 Å². The van der Waals surface area contributed by atoms with E-state index in [0.717, 1.165) is 22.2 Å². The number of fused-ring (bicyclic) bond motifs is 1. The van der Waals surface area contributed by atoms with Gasteiger partial charge in [0.05, 0.1) is 7.11 Å². The number of nitrogens with zero attached hydrogens (tertiary/aromatic N) is 1.